The van der Waals surface area contributed by atoms with Gasteiger partial charge in [0.05, 0.1) is 4.92 Å². The number of hydrogen-bond acceptors (Lipinski definition) is 3. The largest absolute Gasteiger partial charge is 0.489 e. The van der Waals surface area contributed by atoms with Gasteiger partial charge in [-0.2, -0.15) is 0 Å². The molecule has 0 spiro atoms. The van der Waals surface area contributed by atoms with Crippen LogP contribution in [0.5, 0.6) is 5.75 Å². The highest BCUT2D eigenvalue weighted by Crippen LogP contribution is 2.26. The fourth-order valence-corrected chi connectivity index (χ4v) is 2.22. The number of ether oxygens (including phenoxy) is 1. The summed E-state index contributed by atoms with van der Waals surface area (Å²) in [4.78, 5) is 10.8. The molecule has 0 heterocycles. The molecular formula is C18H21NO3. The maximum absolute atomic E-state index is 11.1. The molecule has 0 aliphatic heterocycles. The maximum Gasteiger partial charge on any atom is 0.272 e. The number of nitro benzene ring substituents is 1. The molecule has 0 N–H and O–H groups in total. The lowest BCUT2D eigenvalue weighted by Crippen LogP contribution is -2.00. The van der Waals surface area contributed by atoms with Crippen molar-refractivity contribution in [3.8, 4) is 5.75 Å². The van der Waals surface area contributed by atoms with Gasteiger partial charge in [-0.15, -0.1) is 0 Å². The molecule has 0 amide bonds. The van der Waals surface area contributed by atoms with Gasteiger partial charge in [-0.25, -0.2) is 0 Å². The smallest absolute Gasteiger partial charge is 0.272 e. The van der Waals surface area contributed by atoms with E-state index in [1.54, 1.807) is 12.1 Å². The number of nitro groups is 1. The first kappa shape index (κ1) is 16.0. The van der Waals surface area contributed by atoms with Crippen molar-refractivity contribution in [3.05, 3.63) is 69.8 Å². The minimum absolute atomic E-state index is 0.174. The van der Waals surface area contributed by atoms with Gasteiger partial charge in [0.15, 0.2) is 0 Å². The minimum Gasteiger partial charge on any atom is -0.489 e. The third kappa shape index (κ3) is 4.58. The Balaban J connectivity index is 2.11. The highest BCUT2D eigenvalue weighted by atomic mass is 16.6. The van der Waals surface area contributed by atoms with Crippen LogP contribution in [0.25, 0.3) is 0 Å². The van der Waals surface area contributed by atoms with Crippen LogP contribution < -0.4 is 4.74 Å². The average Bonchev–Trinajstić information content (AvgIpc) is 2.51. The van der Waals surface area contributed by atoms with E-state index < -0.39 is 0 Å². The normalized spacial score (nSPS) is 10.7. The molecule has 0 saturated heterocycles. The van der Waals surface area contributed by atoms with Crippen LogP contribution in [0.1, 0.15) is 31.4 Å². The zero-order chi connectivity index (χ0) is 15.9. The van der Waals surface area contributed by atoms with Crippen LogP contribution in [0.4, 0.5) is 5.69 Å². The molecule has 0 fully saturated rings. The molecule has 2 aromatic carbocycles. The standard InChI is InChI=1S/C18H21NO3/c1-14(2)8-9-16-12-17(10-11-18(16)19(20)21)22-13-15-6-4-3-5-7-15/h3-7,10-12,14H,8-9,13H2,1-2H3. The van der Waals surface area contributed by atoms with Gasteiger partial charge in [-0.05, 0) is 36.5 Å². The van der Waals surface area contributed by atoms with E-state index in [0.29, 0.717) is 24.7 Å². The zero-order valence-corrected chi connectivity index (χ0v) is 13.0. The van der Waals surface area contributed by atoms with Gasteiger partial charge in [-0.1, -0.05) is 44.2 Å². The Morgan fingerprint density at radius 3 is 2.50 bits per heavy atom. The van der Waals surface area contributed by atoms with Crippen LogP contribution in [0.15, 0.2) is 48.5 Å². The first-order chi connectivity index (χ1) is 10.6. The maximum atomic E-state index is 11.1. The summed E-state index contributed by atoms with van der Waals surface area (Å²) in [5, 5.41) is 11.1. The Morgan fingerprint density at radius 1 is 1.14 bits per heavy atom. The van der Waals surface area contributed by atoms with Crippen LogP contribution in [0.3, 0.4) is 0 Å². The Morgan fingerprint density at radius 2 is 1.86 bits per heavy atom. The predicted molar refractivity (Wildman–Crippen MR) is 87.0 cm³/mol. The number of nitrogens with zero attached hydrogens (tertiary/aromatic N) is 1. The van der Waals surface area contributed by atoms with Gasteiger partial charge in [0.25, 0.3) is 5.69 Å². The molecule has 0 aliphatic carbocycles. The van der Waals surface area contributed by atoms with Crippen molar-refractivity contribution in [2.75, 3.05) is 0 Å². The third-order valence-electron chi connectivity index (χ3n) is 3.49. The highest BCUT2D eigenvalue weighted by molar-refractivity contribution is 5.45. The first-order valence-corrected chi connectivity index (χ1v) is 7.50. The van der Waals surface area contributed by atoms with E-state index in [0.717, 1.165) is 17.5 Å². The summed E-state index contributed by atoms with van der Waals surface area (Å²) in [6, 6.07) is 14.9. The third-order valence-corrected chi connectivity index (χ3v) is 3.49. The average molecular weight is 299 g/mol. The second-order valence-electron chi connectivity index (χ2n) is 5.75. The molecule has 2 rings (SSSR count). The molecule has 0 bridgehead atoms. The van der Waals surface area contributed by atoms with Crippen molar-refractivity contribution >= 4 is 5.69 Å². The second-order valence-corrected chi connectivity index (χ2v) is 5.75. The summed E-state index contributed by atoms with van der Waals surface area (Å²) in [6.07, 6.45) is 1.61. The summed E-state index contributed by atoms with van der Waals surface area (Å²) >= 11 is 0. The summed E-state index contributed by atoms with van der Waals surface area (Å²) < 4.78 is 5.75. The Bertz CT molecular complexity index is 623. The fraction of sp³-hybridized carbons (Fsp3) is 0.333. The van der Waals surface area contributed by atoms with E-state index in [9.17, 15) is 10.1 Å². The van der Waals surface area contributed by atoms with E-state index >= 15 is 0 Å². The monoisotopic (exact) mass is 299 g/mol. The van der Waals surface area contributed by atoms with Crippen molar-refractivity contribution < 1.29 is 9.66 Å². The van der Waals surface area contributed by atoms with Gasteiger partial charge in [0.2, 0.25) is 0 Å². The predicted octanol–water partition coefficient (Wildman–Crippen LogP) is 4.76. The van der Waals surface area contributed by atoms with E-state index in [2.05, 4.69) is 13.8 Å². The van der Waals surface area contributed by atoms with Crippen molar-refractivity contribution in [1.82, 2.24) is 0 Å². The quantitative estimate of drug-likeness (QED) is 0.547. The first-order valence-electron chi connectivity index (χ1n) is 7.50. The molecule has 0 atom stereocenters. The molecule has 4 heteroatoms. The molecule has 0 saturated carbocycles. The van der Waals surface area contributed by atoms with E-state index in [1.165, 1.54) is 6.07 Å². The summed E-state index contributed by atoms with van der Waals surface area (Å²) in [5.41, 5.74) is 1.99. The van der Waals surface area contributed by atoms with Crippen LogP contribution in [0, 0.1) is 16.0 Å². The van der Waals surface area contributed by atoms with E-state index in [1.807, 2.05) is 30.3 Å². The molecule has 0 unspecified atom stereocenters. The number of benzene rings is 2. The number of rotatable bonds is 7. The second kappa shape index (κ2) is 7.59. The Kier molecular flexibility index (Phi) is 5.53. The molecule has 0 radical (unpaired) electrons. The lowest BCUT2D eigenvalue weighted by Gasteiger charge is -2.10. The Labute approximate surface area is 130 Å². The van der Waals surface area contributed by atoms with Gasteiger partial charge < -0.3 is 4.74 Å². The summed E-state index contributed by atoms with van der Waals surface area (Å²) in [6.45, 7) is 4.69. The van der Waals surface area contributed by atoms with Gasteiger partial charge >= 0.3 is 0 Å². The number of aryl methyl sites for hydroxylation is 1. The molecule has 2 aromatic rings. The molecule has 4 nitrogen and oxygen atoms in total. The van der Waals surface area contributed by atoms with Gasteiger partial charge in [-0.3, -0.25) is 10.1 Å². The fourth-order valence-electron chi connectivity index (χ4n) is 2.22. The van der Waals surface area contributed by atoms with Crippen molar-refractivity contribution in [2.24, 2.45) is 5.92 Å². The van der Waals surface area contributed by atoms with Gasteiger partial charge in [0, 0.05) is 11.6 Å². The molecule has 0 aliphatic rings. The van der Waals surface area contributed by atoms with Crippen molar-refractivity contribution in [1.29, 1.82) is 0 Å². The van der Waals surface area contributed by atoms with E-state index in [4.69, 9.17) is 4.74 Å². The lowest BCUT2D eigenvalue weighted by atomic mass is 10.0. The number of hydrogen-bond donors (Lipinski definition) is 0. The molecule has 22 heavy (non-hydrogen) atoms. The summed E-state index contributed by atoms with van der Waals surface area (Å²) in [5.74, 6) is 1.18. The molecule has 116 valence electrons. The van der Waals surface area contributed by atoms with Crippen LogP contribution in [-0.2, 0) is 13.0 Å². The Hall–Kier alpha value is -2.36. The summed E-state index contributed by atoms with van der Waals surface area (Å²) in [7, 11) is 0. The zero-order valence-electron chi connectivity index (χ0n) is 13.0. The van der Waals surface area contributed by atoms with Crippen molar-refractivity contribution in [3.63, 3.8) is 0 Å². The van der Waals surface area contributed by atoms with E-state index in [-0.39, 0.29) is 10.6 Å². The SMILES string of the molecule is CC(C)CCc1cc(OCc2ccccc2)ccc1[N+](=O)[O-]. The highest BCUT2D eigenvalue weighted by Gasteiger charge is 2.15. The van der Waals surface area contributed by atoms with Crippen LogP contribution >= 0.6 is 0 Å². The topological polar surface area (TPSA) is 52.4 Å². The lowest BCUT2D eigenvalue weighted by molar-refractivity contribution is -0.385. The molecular weight excluding hydrogens is 278 g/mol. The van der Waals surface area contributed by atoms with Crippen LogP contribution in [0.2, 0.25) is 0 Å². The minimum atomic E-state index is -0.323. The van der Waals surface area contributed by atoms with Crippen molar-refractivity contribution in [2.45, 2.75) is 33.3 Å². The van der Waals surface area contributed by atoms with Gasteiger partial charge in [0.1, 0.15) is 12.4 Å². The van der Waals surface area contributed by atoms with Crippen LogP contribution in [-0.4, -0.2) is 4.92 Å². The molecule has 0 aromatic heterocycles.